The zero-order valence-corrected chi connectivity index (χ0v) is 33.4. The number of hydrogen-bond donors (Lipinski definition) is 3. The zero-order valence-electron chi connectivity index (χ0n) is 31.8. The average molecular weight is 812 g/mol. The number of phenols is 1. The number of carboxylic acid groups (broad SMARTS) is 2. The highest BCUT2D eigenvalue weighted by Crippen LogP contribution is 2.24. The van der Waals surface area contributed by atoms with Crippen LogP contribution in [0.25, 0.3) is 22.3 Å². The van der Waals surface area contributed by atoms with Gasteiger partial charge in [0.1, 0.15) is 11.5 Å². The molecule has 0 aromatic heterocycles. The predicted molar refractivity (Wildman–Crippen MR) is 223 cm³/mol. The van der Waals surface area contributed by atoms with Crippen molar-refractivity contribution in [1.82, 2.24) is 0 Å². The molecule has 0 aliphatic carbocycles. The number of aromatic hydroxyl groups is 1. The SMILES string of the molecule is N#Cc1ccc(-c2ccc(O)cc2)cc1.N#Cc1ccc(-c2ccc(OCCCCCCCCCC(=O)O)cc2)cc1.O=C(O)CCCCCCCCCBr. The normalized spacial score (nSPS) is 10.1. The fourth-order valence-electron chi connectivity index (χ4n) is 5.58. The fourth-order valence-corrected chi connectivity index (χ4v) is 5.98. The standard InChI is InChI=1S/C23H27NO3.C13H9NO.C10H19BrO2/c24-18-19-9-11-20(12-10-19)21-13-15-22(16-14-21)27-17-7-5-3-1-2-4-6-8-23(25)26;14-9-10-1-3-11(4-2-10)12-5-7-13(15)8-6-12;11-9-7-5-3-1-2-4-6-8-10(12)13/h9-16H,1-8,17H2,(H,25,26);1-8,15H;1-9H2,(H,12,13). The Labute approximate surface area is 335 Å². The number of rotatable bonds is 22. The Balaban J connectivity index is 0.000000315. The summed E-state index contributed by atoms with van der Waals surface area (Å²) in [4.78, 5) is 20.6. The first-order valence-corrected chi connectivity index (χ1v) is 20.4. The quantitative estimate of drug-likeness (QED) is 0.0524. The second-order valence-electron chi connectivity index (χ2n) is 13.2. The summed E-state index contributed by atoms with van der Waals surface area (Å²) >= 11 is 3.39. The Kier molecular flexibility index (Phi) is 24.5. The Morgan fingerprint density at radius 3 is 1.18 bits per heavy atom. The molecule has 4 aromatic rings. The molecule has 0 aliphatic rings. The van der Waals surface area contributed by atoms with E-state index in [1.54, 1.807) is 24.3 Å². The van der Waals surface area contributed by atoms with E-state index in [4.69, 9.17) is 30.6 Å². The van der Waals surface area contributed by atoms with E-state index in [2.05, 4.69) is 28.1 Å². The molecule has 4 rings (SSSR count). The van der Waals surface area contributed by atoms with Gasteiger partial charge < -0.3 is 20.1 Å². The zero-order chi connectivity index (χ0) is 39.9. The van der Waals surface area contributed by atoms with Gasteiger partial charge in [0.2, 0.25) is 0 Å². The number of benzene rings is 4. The van der Waals surface area contributed by atoms with Crippen LogP contribution < -0.4 is 4.74 Å². The van der Waals surface area contributed by atoms with Crippen molar-refractivity contribution < 1.29 is 29.6 Å². The van der Waals surface area contributed by atoms with E-state index in [1.165, 1.54) is 44.9 Å². The Hall–Kier alpha value is -5.12. The maximum Gasteiger partial charge on any atom is 0.303 e. The molecule has 0 aliphatic heterocycles. The molecule has 0 atom stereocenters. The molecule has 292 valence electrons. The largest absolute Gasteiger partial charge is 0.508 e. The summed E-state index contributed by atoms with van der Waals surface area (Å²) in [6.45, 7) is 0.717. The molecule has 0 spiro atoms. The number of unbranched alkanes of at least 4 members (excludes halogenated alkanes) is 12. The lowest BCUT2D eigenvalue weighted by Gasteiger charge is -2.08. The second-order valence-corrected chi connectivity index (χ2v) is 14.0. The molecule has 0 radical (unpaired) electrons. The molecule has 4 aromatic carbocycles. The number of ether oxygens (including phenoxy) is 1. The van der Waals surface area contributed by atoms with Crippen LogP contribution in [0.3, 0.4) is 0 Å². The van der Waals surface area contributed by atoms with E-state index in [0.717, 1.165) is 84.9 Å². The van der Waals surface area contributed by atoms with Gasteiger partial charge in [-0.25, -0.2) is 0 Å². The molecule has 55 heavy (non-hydrogen) atoms. The van der Waals surface area contributed by atoms with Crippen LogP contribution in [-0.2, 0) is 9.59 Å². The maximum absolute atomic E-state index is 10.4. The van der Waals surface area contributed by atoms with Crippen molar-refractivity contribution in [1.29, 1.82) is 10.5 Å². The molecule has 0 unspecified atom stereocenters. The highest BCUT2D eigenvalue weighted by molar-refractivity contribution is 9.09. The van der Waals surface area contributed by atoms with Gasteiger partial charge in [-0.15, -0.1) is 0 Å². The molecular formula is C46H55BrN2O6. The molecule has 8 nitrogen and oxygen atoms in total. The maximum atomic E-state index is 10.4. The molecule has 9 heteroatoms. The summed E-state index contributed by atoms with van der Waals surface area (Å²) in [5, 5.41) is 44.7. The number of carbonyl (C=O) groups is 2. The van der Waals surface area contributed by atoms with Crippen LogP contribution in [0.4, 0.5) is 0 Å². The van der Waals surface area contributed by atoms with Crippen molar-refractivity contribution in [3.8, 4) is 45.9 Å². The summed E-state index contributed by atoms with van der Waals surface area (Å²) < 4.78 is 5.80. The van der Waals surface area contributed by atoms with Gasteiger partial charge in [-0.1, -0.05) is 129 Å². The minimum atomic E-state index is -0.697. The van der Waals surface area contributed by atoms with Crippen LogP contribution >= 0.6 is 15.9 Å². The van der Waals surface area contributed by atoms with Gasteiger partial charge in [0, 0.05) is 18.2 Å². The average Bonchev–Trinajstić information content (AvgIpc) is 3.20. The van der Waals surface area contributed by atoms with Gasteiger partial charge in [-0.05, 0) is 96.5 Å². The lowest BCUT2D eigenvalue weighted by molar-refractivity contribution is -0.138. The Morgan fingerprint density at radius 1 is 0.491 bits per heavy atom. The number of hydrogen-bond acceptors (Lipinski definition) is 6. The topological polar surface area (TPSA) is 152 Å². The molecule has 0 amide bonds. The Bertz CT molecular complexity index is 1710. The molecule has 0 saturated heterocycles. The first-order chi connectivity index (χ1) is 26.7. The molecule has 3 N–H and O–H groups in total. The van der Waals surface area contributed by atoms with Crippen molar-refractivity contribution in [3.05, 3.63) is 108 Å². The van der Waals surface area contributed by atoms with Gasteiger partial charge in [0.15, 0.2) is 0 Å². The summed E-state index contributed by atoms with van der Waals surface area (Å²) in [7, 11) is 0. The van der Waals surface area contributed by atoms with Gasteiger partial charge in [-0.3, -0.25) is 9.59 Å². The molecule has 0 bridgehead atoms. The lowest BCUT2D eigenvalue weighted by Crippen LogP contribution is -1.97. The number of aliphatic carboxylic acids is 2. The van der Waals surface area contributed by atoms with E-state index in [1.807, 2.05) is 72.8 Å². The third kappa shape index (κ3) is 22.0. The lowest BCUT2D eigenvalue weighted by atomic mass is 10.0. The van der Waals surface area contributed by atoms with Crippen LogP contribution in [0.5, 0.6) is 11.5 Å². The monoisotopic (exact) mass is 810 g/mol. The van der Waals surface area contributed by atoms with Crippen LogP contribution in [0.2, 0.25) is 0 Å². The number of alkyl halides is 1. The molecule has 0 fully saturated rings. The van der Waals surface area contributed by atoms with E-state index >= 15 is 0 Å². The second kappa shape index (κ2) is 29.3. The summed E-state index contributed by atoms with van der Waals surface area (Å²) in [6, 6.07) is 34.1. The number of nitrogens with zero attached hydrogens (tertiary/aromatic N) is 2. The van der Waals surface area contributed by atoms with Crippen LogP contribution in [0.1, 0.15) is 114 Å². The van der Waals surface area contributed by atoms with Crippen LogP contribution in [-0.4, -0.2) is 39.2 Å². The first kappa shape index (κ1) is 46.0. The molecular weight excluding hydrogens is 756 g/mol. The highest BCUT2D eigenvalue weighted by Gasteiger charge is 2.02. The van der Waals surface area contributed by atoms with Gasteiger partial charge in [0.05, 0.1) is 29.9 Å². The van der Waals surface area contributed by atoms with Crippen molar-refractivity contribution >= 4 is 27.9 Å². The molecule has 0 saturated carbocycles. The van der Waals surface area contributed by atoms with Crippen LogP contribution in [0.15, 0.2) is 97.1 Å². The highest BCUT2D eigenvalue weighted by atomic mass is 79.9. The van der Waals surface area contributed by atoms with Gasteiger partial charge in [-0.2, -0.15) is 10.5 Å². The number of nitriles is 2. The number of phenolic OH excluding ortho intramolecular Hbond substituents is 1. The van der Waals surface area contributed by atoms with Crippen molar-refractivity contribution in [2.24, 2.45) is 0 Å². The molecule has 0 heterocycles. The smallest absolute Gasteiger partial charge is 0.303 e. The van der Waals surface area contributed by atoms with Crippen molar-refractivity contribution in [2.45, 2.75) is 103 Å². The van der Waals surface area contributed by atoms with E-state index < -0.39 is 11.9 Å². The fraction of sp³-hybridized carbons (Fsp3) is 0.391. The Morgan fingerprint density at radius 2 is 0.818 bits per heavy atom. The van der Waals surface area contributed by atoms with Gasteiger partial charge in [0.25, 0.3) is 0 Å². The third-order valence-corrected chi connectivity index (χ3v) is 9.31. The van der Waals surface area contributed by atoms with E-state index in [-0.39, 0.29) is 12.2 Å². The predicted octanol–water partition coefficient (Wildman–Crippen LogP) is 12.3. The summed E-state index contributed by atoms with van der Waals surface area (Å²) in [6.07, 6.45) is 16.3. The van der Waals surface area contributed by atoms with Crippen LogP contribution in [0, 0.1) is 22.7 Å². The minimum Gasteiger partial charge on any atom is -0.508 e. The minimum absolute atomic E-state index is 0.257. The number of halogens is 1. The van der Waals surface area contributed by atoms with E-state index in [9.17, 15) is 9.59 Å². The number of carboxylic acids is 2. The summed E-state index contributed by atoms with van der Waals surface area (Å²) in [5.41, 5.74) is 5.57. The summed E-state index contributed by atoms with van der Waals surface area (Å²) in [5.74, 6) is -0.232. The first-order valence-electron chi connectivity index (χ1n) is 19.3. The third-order valence-electron chi connectivity index (χ3n) is 8.74. The van der Waals surface area contributed by atoms with Crippen molar-refractivity contribution in [3.63, 3.8) is 0 Å². The van der Waals surface area contributed by atoms with E-state index in [0.29, 0.717) is 17.5 Å². The van der Waals surface area contributed by atoms with Gasteiger partial charge >= 0.3 is 11.9 Å². The van der Waals surface area contributed by atoms with Crippen molar-refractivity contribution in [2.75, 3.05) is 11.9 Å².